The smallest absolute Gasteiger partial charge is 0.252 e. The van der Waals surface area contributed by atoms with E-state index in [4.69, 9.17) is 0 Å². The number of halogens is 1. The summed E-state index contributed by atoms with van der Waals surface area (Å²) in [5.74, 6) is -0.736. The zero-order valence-corrected chi connectivity index (χ0v) is 17.7. The summed E-state index contributed by atoms with van der Waals surface area (Å²) in [5, 5.41) is 22.3. The third-order valence-electron chi connectivity index (χ3n) is 5.37. The number of nitrogens with one attached hydrogen (secondary N) is 1. The highest BCUT2D eigenvalue weighted by Crippen LogP contribution is 2.25. The molecule has 1 amide bonds. The maximum atomic E-state index is 13.3. The Balaban J connectivity index is 1.62. The van der Waals surface area contributed by atoms with Gasteiger partial charge in [0, 0.05) is 23.9 Å². The fraction of sp³-hybridized carbons (Fsp3) is 0.154. The average Bonchev–Trinajstić information content (AvgIpc) is 3.34. The monoisotopic (exact) mass is 440 g/mol. The molecule has 0 unspecified atom stereocenters. The third-order valence-corrected chi connectivity index (χ3v) is 5.37. The van der Waals surface area contributed by atoms with Crippen molar-refractivity contribution in [1.82, 2.24) is 10.3 Å². The Bertz CT molecular complexity index is 1260. The van der Waals surface area contributed by atoms with Crippen molar-refractivity contribution in [2.75, 3.05) is 13.2 Å². The molecule has 0 saturated heterocycles. The predicted octanol–water partition coefficient (Wildman–Crippen LogP) is 3.31. The van der Waals surface area contributed by atoms with E-state index in [-0.39, 0.29) is 12.4 Å². The first-order valence-corrected chi connectivity index (χ1v) is 10.4. The Labute approximate surface area is 190 Å². The summed E-state index contributed by atoms with van der Waals surface area (Å²) in [6.45, 7) is 0.103. The Hall–Kier alpha value is -4.15. The molecule has 4 rings (SSSR count). The number of aliphatic imine (C=N–C) groups is 1. The number of carbonyl (C=O) groups excluding carboxylic acids is 1. The van der Waals surface area contributed by atoms with Crippen LogP contribution in [0, 0.1) is 17.1 Å². The summed E-state index contributed by atoms with van der Waals surface area (Å²) in [7, 11) is 0. The van der Waals surface area contributed by atoms with Gasteiger partial charge in [0.2, 0.25) is 0 Å². The number of rotatable bonds is 7. The molecule has 0 fully saturated rings. The van der Waals surface area contributed by atoms with Crippen molar-refractivity contribution in [3.8, 4) is 6.07 Å². The van der Waals surface area contributed by atoms with Crippen molar-refractivity contribution >= 4 is 17.2 Å². The highest BCUT2D eigenvalue weighted by molar-refractivity contribution is 6.20. The molecule has 3 aromatic rings. The molecule has 33 heavy (non-hydrogen) atoms. The number of carbonyl (C=O) groups is 1. The molecule has 1 aromatic heterocycles. The molecule has 0 bridgehead atoms. The zero-order valence-electron chi connectivity index (χ0n) is 17.7. The van der Waals surface area contributed by atoms with Crippen LogP contribution in [-0.2, 0) is 6.42 Å². The van der Waals surface area contributed by atoms with Gasteiger partial charge in [0.05, 0.1) is 42.1 Å². The van der Waals surface area contributed by atoms with Crippen LogP contribution in [0.25, 0.3) is 5.57 Å². The van der Waals surface area contributed by atoms with Crippen LogP contribution in [0.3, 0.4) is 0 Å². The molecule has 6 nitrogen and oxygen atoms in total. The standard InChI is InChI=1S/C26H21FN4O2/c27-20-9-7-17(8-10-20)19-12-24(30-15-19)25-18(14-28)4-3-6-23(25)26(33)31-22(16-32)13-21-5-1-2-11-29-21/h1-12,22,32H,13,15-16H2,(H,31,33)/t22-/m1/s1. The first-order valence-electron chi connectivity index (χ1n) is 10.4. The second-order valence-corrected chi connectivity index (χ2v) is 7.60. The Morgan fingerprint density at radius 2 is 1.97 bits per heavy atom. The van der Waals surface area contributed by atoms with Crippen molar-refractivity contribution in [2.24, 2.45) is 4.99 Å². The zero-order chi connectivity index (χ0) is 23.2. The Morgan fingerprint density at radius 1 is 1.15 bits per heavy atom. The van der Waals surface area contributed by atoms with E-state index in [1.807, 2.05) is 18.2 Å². The van der Waals surface area contributed by atoms with E-state index >= 15 is 0 Å². The lowest BCUT2D eigenvalue weighted by atomic mass is 9.95. The second-order valence-electron chi connectivity index (χ2n) is 7.60. The Kier molecular flexibility index (Phi) is 6.67. The van der Waals surface area contributed by atoms with Gasteiger partial charge in [-0.1, -0.05) is 24.3 Å². The lowest BCUT2D eigenvalue weighted by Gasteiger charge is -2.18. The second kappa shape index (κ2) is 9.98. The van der Waals surface area contributed by atoms with E-state index in [1.165, 1.54) is 12.1 Å². The van der Waals surface area contributed by atoms with Gasteiger partial charge in [-0.05, 0) is 53.6 Å². The van der Waals surface area contributed by atoms with Crippen molar-refractivity contribution in [3.63, 3.8) is 0 Å². The predicted molar refractivity (Wildman–Crippen MR) is 123 cm³/mol. The number of aliphatic hydroxyl groups excluding tert-OH is 1. The van der Waals surface area contributed by atoms with Crippen LogP contribution < -0.4 is 5.32 Å². The molecular formula is C26H21FN4O2. The summed E-state index contributed by atoms with van der Waals surface area (Å²) in [5.41, 5.74) is 4.01. The van der Waals surface area contributed by atoms with Crippen LogP contribution >= 0.6 is 0 Å². The van der Waals surface area contributed by atoms with Crippen molar-refractivity contribution in [1.29, 1.82) is 5.26 Å². The molecule has 7 heteroatoms. The van der Waals surface area contributed by atoms with Crippen LogP contribution in [0.1, 0.15) is 32.7 Å². The molecular weight excluding hydrogens is 419 g/mol. The number of benzene rings is 2. The summed E-state index contributed by atoms with van der Waals surface area (Å²) in [6, 6.07) is 18.1. The van der Waals surface area contributed by atoms with Gasteiger partial charge >= 0.3 is 0 Å². The fourth-order valence-electron chi connectivity index (χ4n) is 3.72. The number of allylic oxidation sites excluding steroid dienone is 1. The average molecular weight is 440 g/mol. The number of hydrogen-bond acceptors (Lipinski definition) is 5. The number of aliphatic hydroxyl groups is 1. The third kappa shape index (κ3) is 5.03. The topological polar surface area (TPSA) is 98.4 Å². The molecule has 0 spiro atoms. The van der Waals surface area contributed by atoms with Crippen LogP contribution in [0.2, 0.25) is 0 Å². The van der Waals surface area contributed by atoms with Crippen molar-refractivity contribution < 1.29 is 14.3 Å². The fourth-order valence-corrected chi connectivity index (χ4v) is 3.72. The Morgan fingerprint density at radius 3 is 2.67 bits per heavy atom. The van der Waals surface area contributed by atoms with Gasteiger partial charge in [0.25, 0.3) is 5.91 Å². The number of hydrogen-bond donors (Lipinski definition) is 2. The first kappa shape index (κ1) is 22.1. The molecule has 2 heterocycles. The number of pyridine rings is 1. The normalized spacial score (nSPS) is 13.6. The van der Waals surface area contributed by atoms with E-state index in [0.29, 0.717) is 35.4 Å². The summed E-state index contributed by atoms with van der Waals surface area (Å²) in [6.07, 6.45) is 3.84. The minimum absolute atomic E-state index is 0.259. The highest BCUT2D eigenvalue weighted by Gasteiger charge is 2.23. The van der Waals surface area contributed by atoms with Crippen LogP contribution in [0.4, 0.5) is 4.39 Å². The maximum absolute atomic E-state index is 13.3. The molecule has 0 radical (unpaired) electrons. The van der Waals surface area contributed by atoms with Gasteiger partial charge in [-0.2, -0.15) is 5.26 Å². The van der Waals surface area contributed by atoms with E-state index < -0.39 is 11.9 Å². The minimum atomic E-state index is -0.540. The van der Waals surface area contributed by atoms with Crippen LogP contribution in [0.15, 0.2) is 77.9 Å². The summed E-state index contributed by atoms with van der Waals surface area (Å²) >= 11 is 0. The number of aromatic nitrogens is 1. The van der Waals surface area contributed by atoms with E-state index in [0.717, 1.165) is 16.8 Å². The molecule has 1 aliphatic rings. The lowest BCUT2D eigenvalue weighted by Crippen LogP contribution is -2.39. The van der Waals surface area contributed by atoms with Gasteiger partial charge < -0.3 is 10.4 Å². The van der Waals surface area contributed by atoms with Gasteiger partial charge in [0.15, 0.2) is 0 Å². The number of amides is 1. The molecule has 1 atom stereocenters. The molecule has 0 saturated carbocycles. The van der Waals surface area contributed by atoms with E-state index in [2.05, 4.69) is 21.4 Å². The van der Waals surface area contributed by atoms with E-state index in [9.17, 15) is 19.6 Å². The molecule has 1 aliphatic heterocycles. The van der Waals surface area contributed by atoms with Crippen molar-refractivity contribution in [3.05, 3.63) is 107 Å². The van der Waals surface area contributed by atoms with Gasteiger partial charge in [0.1, 0.15) is 5.82 Å². The minimum Gasteiger partial charge on any atom is -0.394 e. The summed E-state index contributed by atoms with van der Waals surface area (Å²) in [4.78, 5) is 22.0. The number of nitriles is 1. The lowest BCUT2D eigenvalue weighted by molar-refractivity contribution is 0.0916. The molecule has 2 N–H and O–H groups in total. The van der Waals surface area contributed by atoms with Crippen LogP contribution in [0.5, 0.6) is 0 Å². The molecule has 2 aromatic carbocycles. The SMILES string of the molecule is N#Cc1cccc(C(=O)N[C@@H](CO)Cc2ccccn2)c1C1=NCC(c2ccc(F)cc2)=C1. The molecule has 164 valence electrons. The summed E-state index contributed by atoms with van der Waals surface area (Å²) < 4.78 is 13.3. The number of nitrogens with zero attached hydrogens (tertiary/aromatic N) is 3. The quantitative estimate of drug-likeness (QED) is 0.589. The van der Waals surface area contributed by atoms with Crippen molar-refractivity contribution in [2.45, 2.75) is 12.5 Å². The van der Waals surface area contributed by atoms with Crippen LogP contribution in [-0.4, -0.2) is 40.9 Å². The highest BCUT2D eigenvalue weighted by atomic mass is 19.1. The largest absolute Gasteiger partial charge is 0.394 e. The van der Waals surface area contributed by atoms with Gasteiger partial charge in [-0.15, -0.1) is 0 Å². The maximum Gasteiger partial charge on any atom is 0.252 e. The first-order chi connectivity index (χ1) is 16.1. The van der Waals surface area contributed by atoms with Gasteiger partial charge in [-0.3, -0.25) is 14.8 Å². The molecule has 0 aliphatic carbocycles. The van der Waals surface area contributed by atoms with Gasteiger partial charge in [-0.25, -0.2) is 4.39 Å². The van der Waals surface area contributed by atoms with E-state index in [1.54, 1.807) is 42.6 Å².